The highest BCUT2D eigenvalue weighted by atomic mass is 15.4. The Kier molecular flexibility index (Phi) is 4.72. The molecule has 1 aromatic heterocycles. The molecule has 2 rings (SSSR count). The van der Waals surface area contributed by atoms with Crippen molar-refractivity contribution in [1.29, 1.82) is 0 Å². The van der Waals surface area contributed by atoms with Gasteiger partial charge in [0.25, 0.3) is 0 Å². The molecule has 0 saturated heterocycles. The van der Waals surface area contributed by atoms with E-state index < -0.39 is 0 Å². The van der Waals surface area contributed by atoms with Crippen LogP contribution in [0.2, 0.25) is 0 Å². The Morgan fingerprint density at radius 1 is 1.39 bits per heavy atom. The first-order valence-corrected chi connectivity index (χ1v) is 6.98. The lowest BCUT2D eigenvalue weighted by Crippen LogP contribution is -2.40. The van der Waals surface area contributed by atoms with E-state index in [2.05, 4.69) is 34.5 Å². The van der Waals surface area contributed by atoms with Crippen LogP contribution in [0.5, 0.6) is 0 Å². The number of aryl methyl sites for hydroxylation is 1. The fourth-order valence-corrected chi connectivity index (χ4v) is 2.86. The normalized spacial score (nSPS) is 24.7. The van der Waals surface area contributed by atoms with Crippen LogP contribution in [0, 0.1) is 0 Å². The van der Waals surface area contributed by atoms with E-state index in [4.69, 9.17) is 0 Å². The summed E-state index contributed by atoms with van der Waals surface area (Å²) in [6, 6.07) is 1.43. The van der Waals surface area contributed by atoms with E-state index in [9.17, 15) is 0 Å². The van der Waals surface area contributed by atoms with Crippen LogP contribution in [-0.2, 0) is 13.6 Å². The first-order valence-electron chi connectivity index (χ1n) is 6.98. The van der Waals surface area contributed by atoms with Crippen LogP contribution in [0.25, 0.3) is 0 Å². The van der Waals surface area contributed by atoms with Crippen molar-refractivity contribution < 1.29 is 0 Å². The number of hydrogen-bond acceptors (Lipinski definition) is 4. The SMILES string of the molecule is CCNC1CCC(N(C)Cc2cn(C)nn2)CC1. The molecule has 1 aliphatic carbocycles. The summed E-state index contributed by atoms with van der Waals surface area (Å²) in [6.07, 6.45) is 7.16. The molecule has 1 aliphatic rings. The van der Waals surface area contributed by atoms with Crippen LogP contribution in [0.4, 0.5) is 0 Å². The van der Waals surface area contributed by atoms with Gasteiger partial charge in [-0.05, 0) is 39.3 Å². The van der Waals surface area contributed by atoms with Gasteiger partial charge in [0.1, 0.15) is 0 Å². The molecule has 0 atom stereocenters. The van der Waals surface area contributed by atoms with E-state index >= 15 is 0 Å². The van der Waals surface area contributed by atoms with E-state index in [1.165, 1.54) is 25.7 Å². The minimum atomic E-state index is 0.696. The van der Waals surface area contributed by atoms with Crippen LogP contribution in [0.1, 0.15) is 38.3 Å². The summed E-state index contributed by atoms with van der Waals surface area (Å²) in [4.78, 5) is 2.42. The van der Waals surface area contributed by atoms with Gasteiger partial charge in [-0.1, -0.05) is 12.1 Å². The maximum atomic E-state index is 4.15. The maximum absolute atomic E-state index is 4.15. The summed E-state index contributed by atoms with van der Waals surface area (Å²) in [5, 5.41) is 11.7. The van der Waals surface area contributed by atoms with Crippen molar-refractivity contribution in [3.63, 3.8) is 0 Å². The highest BCUT2D eigenvalue weighted by molar-refractivity contribution is 4.93. The molecule has 1 N–H and O–H groups in total. The van der Waals surface area contributed by atoms with Crippen molar-refractivity contribution in [2.45, 2.75) is 51.2 Å². The number of nitrogens with zero attached hydrogens (tertiary/aromatic N) is 4. The van der Waals surface area contributed by atoms with Crippen molar-refractivity contribution in [3.8, 4) is 0 Å². The van der Waals surface area contributed by atoms with Gasteiger partial charge in [0, 0.05) is 31.9 Å². The Balaban J connectivity index is 1.78. The summed E-state index contributed by atoms with van der Waals surface area (Å²) < 4.78 is 1.77. The van der Waals surface area contributed by atoms with Crippen molar-refractivity contribution in [3.05, 3.63) is 11.9 Å². The van der Waals surface area contributed by atoms with Crippen molar-refractivity contribution in [2.75, 3.05) is 13.6 Å². The largest absolute Gasteiger partial charge is 0.314 e. The molecule has 5 nitrogen and oxygen atoms in total. The van der Waals surface area contributed by atoms with E-state index in [-0.39, 0.29) is 0 Å². The Labute approximate surface area is 110 Å². The lowest BCUT2D eigenvalue weighted by atomic mass is 9.90. The molecule has 0 spiro atoms. The monoisotopic (exact) mass is 251 g/mol. The maximum Gasteiger partial charge on any atom is 0.0966 e. The molecular formula is C13H25N5. The molecule has 0 radical (unpaired) electrons. The Morgan fingerprint density at radius 3 is 2.67 bits per heavy atom. The molecule has 18 heavy (non-hydrogen) atoms. The first kappa shape index (κ1) is 13.5. The van der Waals surface area contributed by atoms with Gasteiger partial charge in [0.15, 0.2) is 0 Å². The van der Waals surface area contributed by atoms with Crippen LogP contribution >= 0.6 is 0 Å². The molecule has 5 heteroatoms. The fourth-order valence-electron chi connectivity index (χ4n) is 2.86. The predicted octanol–water partition coefficient (Wildman–Crippen LogP) is 1.17. The molecule has 0 bridgehead atoms. The zero-order valence-electron chi connectivity index (χ0n) is 11.8. The number of aromatic nitrogens is 3. The average Bonchev–Trinajstić information content (AvgIpc) is 2.76. The van der Waals surface area contributed by atoms with Gasteiger partial charge in [-0.3, -0.25) is 9.58 Å². The van der Waals surface area contributed by atoms with Crippen LogP contribution in [-0.4, -0.2) is 45.6 Å². The van der Waals surface area contributed by atoms with Crippen LogP contribution < -0.4 is 5.32 Å². The highest BCUT2D eigenvalue weighted by Crippen LogP contribution is 2.23. The van der Waals surface area contributed by atoms with Gasteiger partial charge in [-0.15, -0.1) is 5.10 Å². The highest BCUT2D eigenvalue weighted by Gasteiger charge is 2.23. The van der Waals surface area contributed by atoms with Gasteiger partial charge in [0.05, 0.1) is 5.69 Å². The third-order valence-corrected chi connectivity index (χ3v) is 3.87. The predicted molar refractivity (Wildman–Crippen MR) is 72.2 cm³/mol. The molecule has 1 fully saturated rings. The van der Waals surface area contributed by atoms with Gasteiger partial charge in [-0.2, -0.15) is 0 Å². The first-order chi connectivity index (χ1) is 8.69. The van der Waals surface area contributed by atoms with Crippen molar-refractivity contribution in [1.82, 2.24) is 25.2 Å². The fraction of sp³-hybridized carbons (Fsp3) is 0.846. The van der Waals surface area contributed by atoms with Gasteiger partial charge < -0.3 is 5.32 Å². The molecule has 0 amide bonds. The summed E-state index contributed by atoms with van der Waals surface area (Å²) in [5.74, 6) is 0. The van der Waals surface area contributed by atoms with Gasteiger partial charge in [0.2, 0.25) is 0 Å². The second-order valence-corrected chi connectivity index (χ2v) is 5.36. The quantitative estimate of drug-likeness (QED) is 0.853. The zero-order valence-corrected chi connectivity index (χ0v) is 11.8. The van der Waals surface area contributed by atoms with E-state index in [1.807, 2.05) is 13.2 Å². The standard InChI is InChI=1S/C13H25N5/c1-4-14-11-5-7-13(8-6-11)17(2)9-12-10-18(3)16-15-12/h10-11,13-14H,4-9H2,1-3H3. The van der Waals surface area contributed by atoms with Gasteiger partial charge >= 0.3 is 0 Å². The Bertz CT molecular complexity index is 354. The second-order valence-electron chi connectivity index (χ2n) is 5.36. The molecule has 0 aromatic carbocycles. The molecule has 0 unspecified atom stereocenters. The molecular weight excluding hydrogens is 226 g/mol. The summed E-state index contributed by atoms with van der Waals surface area (Å²) in [5.41, 5.74) is 1.06. The molecule has 102 valence electrons. The van der Waals surface area contributed by atoms with Crippen molar-refractivity contribution in [2.24, 2.45) is 7.05 Å². The molecule has 1 aromatic rings. The minimum absolute atomic E-state index is 0.696. The van der Waals surface area contributed by atoms with E-state index in [0.29, 0.717) is 6.04 Å². The summed E-state index contributed by atoms with van der Waals surface area (Å²) in [7, 11) is 4.12. The number of nitrogens with one attached hydrogen (secondary N) is 1. The van der Waals surface area contributed by atoms with Crippen LogP contribution in [0.3, 0.4) is 0 Å². The molecule has 1 saturated carbocycles. The number of hydrogen-bond donors (Lipinski definition) is 1. The van der Waals surface area contributed by atoms with Crippen molar-refractivity contribution >= 4 is 0 Å². The molecule has 0 aliphatic heterocycles. The van der Waals surface area contributed by atoms with E-state index in [1.54, 1.807) is 4.68 Å². The summed E-state index contributed by atoms with van der Waals surface area (Å²) >= 11 is 0. The average molecular weight is 251 g/mol. The topological polar surface area (TPSA) is 46.0 Å². The molecule has 1 heterocycles. The summed E-state index contributed by atoms with van der Waals surface area (Å²) in [6.45, 7) is 4.18. The Hall–Kier alpha value is -0.940. The van der Waals surface area contributed by atoms with E-state index in [0.717, 1.165) is 24.8 Å². The minimum Gasteiger partial charge on any atom is -0.314 e. The second kappa shape index (κ2) is 6.29. The Morgan fingerprint density at radius 2 is 2.11 bits per heavy atom. The zero-order chi connectivity index (χ0) is 13.0. The van der Waals surface area contributed by atoms with Crippen LogP contribution in [0.15, 0.2) is 6.20 Å². The lowest BCUT2D eigenvalue weighted by Gasteiger charge is -2.34. The lowest BCUT2D eigenvalue weighted by molar-refractivity contribution is 0.167. The van der Waals surface area contributed by atoms with Gasteiger partial charge in [-0.25, -0.2) is 0 Å². The third kappa shape index (κ3) is 3.53. The smallest absolute Gasteiger partial charge is 0.0966 e. The number of rotatable bonds is 5. The third-order valence-electron chi connectivity index (χ3n) is 3.87.